The van der Waals surface area contributed by atoms with Gasteiger partial charge in [-0.3, -0.25) is 4.79 Å². The Morgan fingerprint density at radius 1 is 1.17 bits per heavy atom. The molecule has 29 heavy (non-hydrogen) atoms. The highest BCUT2D eigenvalue weighted by Gasteiger charge is 2.18. The summed E-state index contributed by atoms with van der Waals surface area (Å²) < 4.78 is 30.8. The molecular formula is C20H20Cl2N2O4S. The number of hydrogen-bond donors (Lipinski definition) is 2. The quantitative estimate of drug-likeness (QED) is 0.562. The molecule has 0 saturated heterocycles. The maximum atomic E-state index is 12.5. The molecule has 2 aromatic carbocycles. The number of rotatable bonds is 7. The Kier molecular flexibility index (Phi) is 6.53. The highest BCUT2D eigenvalue weighted by Crippen LogP contribution is 2.29. The van der Waals surface area contributed by atoms with Crippen LogP contribution in [-0.2, 0) is 21.2 Å². The molecule has 9 heteroatoms. The van der Waals surface area contributed by atoms with Crippen LogP contribution in [0.3, 0.4) is 0 Å². The van der Waals surface area contributed by atoms with Crippen molar-refractivity contribution in [2.75, 3.05) is 19.5 Å². The van der Waals surface area contributed by atoms with Gasteiger partial charge in [-0.25, -0.2) is 13.1 Å². The van der Waals surface area contributed by atoms with Crippen LogP contribution in [0.5, 0.6) is 0 Å². The topological polar surface area (TPSA) is 88.3 Å². The summed E-state index contributed by atoms with van der Waals surface area (Å²) in [6.45, 7) is 1.94. The van der Waals surface area contributed by atoms with Crippen molar-refractivity contribution in [3.8, 4) is 0 Å². The van der Waals surface area contributed by atoms with Gasteiger partial charge >= 0.3 is 0 Å². The number of aromatic amines is 1. The van der Waals surface area contributed by atoms with E-state index in [-0.39, 0.29) is 17.9 Å². The Balaban J connectivity index is 1.93. The highest BCUT2D eigenvalue weighted by atomic mass is 35.5. The second-order valence-electron chi connectivity index (χ2n) is 6.64. The molecule has 1 heterocycles. The van der Waals surface area contributed by atoms with Crippen molar-refractivity contribution < 1.29 is 17.9 Å². The van der Waals surface area contributed by atoms with Crippen LogP contribution in [0.2, 0.25) is 10.0 Å². The fourth-order valence-electron chi connectivity index (χ4n) is 3.05. The van der Waals surface area contributed by atoms with E-state index in [1.54, 1.807) is 30.3 Å². The summed E-state index contributed by atoms with van der Waals surface area (Å²) in [5.41, 5.74) is 3.91. The van der Waals surface area contributed by atoms with Crippen LogP contribution in [0.1, 0.15) is 27.2 Å². The zero-order chi connectivity index (χ0) is 21.2. The molecule has 0 unspecified atom stereocenters. The maximum Gasteiger partial charge on any atom is 0.264 e. The van der Waals surface area contributed by atoms with Crippen LogP contribution in [-0.4, -0.2) is 38.8 Å². The van der Waals surface area contributed by atoms with Gasteiger partial charge in [0.2, 0.25) is 10.0 Å². The number of methoxy groups -OCH3 is 1. The average molecular weight is 455 g/mol. The van der Waals surface area contributed by atoms with Crippen molar-refractivity contribution in [2.45, 2.75) is 13.3 Å². The maximum absolute atomic E-state index is 12.5. The molecule has 154 valence electrons. The molecule has 1 amide bonds. The fourth-order valence-corrected chi connectivity index (χ4v) is 4.41. The van der Waals surface area contributed by atoms with Gasteiger partial charge < -0.3 is 9.72 Å². The first-order valence-electron chi connectivity index (χ1n) is 8.79. The van der Waals surface area contributed by atoms with Gasteiger partial charge in [0.1, 0.15) is 0 Å². The van der Waals surface area contributed by atoms with Crippen LogP contribution in [0.15, 0.2) is 36.4 Å². The lowest BCUT2D eigenvalue weighted by molar-refractivity contribution is 0.0981. The minimum Gasteiger partial charge on any atom is -0.384 e. The normalized spacial score (nSPS) is 11.7. The number of aryl methyl sites for hydroxylation is 1. The van der Waals surface area contributed by atoms with E-state index in [0.717, 1.165) is 27.7 Å². The third-order valence-electron chi connectivity index (χ3n) is 4.57. The molecule has 0 radical (unpaired) electrons. The lowest BCUT2D eigenvalue weighted by Gasteiger charge is -2.08. The van der Waals surface area contributed by atoms with Gasteiger partial charge in [0.15, 0.2) is 0 Å². The number of H-pyrrole nitrogens is 1. The molecule has 0 aliphatic heterocycles. The number of ether oxygens (including phenoxy) is 1. The summed E-state index contributed by atoms with van der Waals surface area (Å²) in [6, 6.07) is 10.3. The van der Waals surface area contributed by atoms with Gasteiger partial charge in [-0.15, -0.1) is 0 Å². The monoisotopic (exact) mass is 454 g/mol. The van der Waals surface area contributed by atoms with Gasteiger partial charge in [-0.1, -0.05) is 29.3 Å². The van der Waals surface area contributed by atoms with Crippen molar-refractivity contribution in [3.05, 3.63) is 68.8 Å². The van der Waals surface area contributed by atoms with E-state index in [0.29, 0.717) is 16.5 Å². The molecule has 6 nitrogen and oxygen atoms in total. The Bertz CT molecular complexity index is 1170. The number of carbonyl (C=O) groups is 1. The minimum atomic E-state index is -3.77. The van der Waals surface area contributed by atoms with Crippen LogP contribution >= 0.6 is 23.2 Å². The summed E-state index contributed by atoms with van der Waals surface area (Å²) in [6.07, 6.45) is 0.541. The minimum absolute atomic E-state index is 0.00462. The third kappa shape index (κ3) is 5.11. The third-order valence-corrected chi connectivity index (χ3v) is 6.36. The Labute approximate surface area is 179 Å². The first-order chi connectivity index (χ1) is 13.7. The first-order valence-corrected chi connectivity index (χ1v) is 11.2. The molecule has 1 aromatic heterocycles. The predicted molar refractivity (Wildman–Crippen MR) is 115 cm³/mol. The van der Waals surface area contributed by atoms with E-state index in [1.807, 2.05) is 13.0 Å². The lowest BCUT2D eigenvalue weighted by atomic mass is 10.0. The molecule has 0 fully saturated rings. The number of halogens is 2. The molecule has 2 N–H and O–H groups in total. The molecule has 0 spiro atoms. The lowest BCUT2D eigenvalue weighted by Crippen LogP contribution is -2.33. The molecule has 3 aromatic rings. The second-order valence-corrected chi connectivity index (χ2v) is 9.33. The summed E-state index contributed by atoms with van der Waals surface area (Å²) >= 11 is 12.3. The predicted octanol–water partition coefficient (Wildman–Crippen LogP) is 4.08. The zero-order valence-corrected chi connectivity index (χ0v) is 18.2. The summed E-state index contributed by atoms with van der Waals surface area (Å²) in [5.74, 6) is -0.974. The SMILES string of the molecule is COCCS(=O)(=O)NC(=O)c1ccc2[nH]c(C)c(Cc3ccc(Cl)cc3Cl)c2c1. The Morgan fingerprint density at radius 2 is 1.93 bits per heavy atom. The van der Waals surface area contributed by atoms with Gasteiger partial charge in [-0.05, 0) is 48.4 Å². The van der Waals surface area contributed by atoms with Crippen LogP contribution < -0.4 is 4.72 Å². The number of benzene rings is 2. The number of fused-ring (bicyclic) bond motifs is 1. The summed E-state index contributed by atoms with van der Waals surface area (Å²) in [7, 11) is -2.37. The Morgan fingerprint density at radius 3 is 2.62 bits per heavy atom. The number of nitrogens with one attached hydrogen (secondary N) is 2. The average Bonchev–Trinajstić information content (AvgIpc) is 2.96. The van der Waals surface area contributed by atoms with E-state index in [2.05, 4.69) is 9.71 Å². The fraction of sp³-hybridized carbons (Fsp3) is 0.250. The molecule has 0 saturated carbocycles. The van der Waals surface area contributed by atoms with Crippen LogP contribution in [0.25, 0.3) is 10.9 Å². The first kappa shape index (κ1) is 21.6. The molecule has 0 bridgehead atoms. The van der Waals surface area contributed by atoms with E-state index in [9.17, 15) is 13.2 Å². The molecule has 0 atom stereocenters. The summed E-state index contributed by atoms with van der Waals surface area (Å²) in [4.78, 5) is 15.7. The second kappa shape index (κ2) is 8.75. The van der Waals surface area contributed by atoms with Gasteiger partial charge in [0.25, 0.3) is 5.91 Å². The molecular weight excluding hydrogens is 435 g/mol. The van der Waals surface area contributed by atoms with E-state index in [1.165, 1.54) is 7.11 Å². The van der Waals surface area contributed by atoms with E-state index < -0.39 is 15.9 Å². The van der Waals surface area contributed by atoms with Crippen LogP contribution in [0, 0.1) is 6.92 Å². The van der Waals surface area contributed by atoms with Crippen molar-refractivity contribution in [1.82, 2.24) is 9.71 Å². The number of aromatic nitrogens is 1. The van der Waals surface area contributed by atoms with Crippen molar-refractivity contribution in [3.63, 3.8) is 0 Å². The number of amides is 1. The standard InChI is InChI=1S/C20H20Cl2N2O4S/c1-12-16(9-13-3-5-15(21)11-18(13)22)17-10-14(4-6-19(17)23-12)20(25)24-29(26,27)8-7-28-2/h3-6,10-11,23H,7-9H2,1-2H3,(H,24,25). The summed E-state index contributed by atoms with van der Waals surface area (Å²) in [5, 5.41) is 1.95. The zero-order valence-electron chi connectivity index (χ0n) is 15.9. The molecule has 0 aliphatic carbocycles. The van der Waals surface area contributed by atoms with Crippen molar-refractivity contribution >= 4 is 50.0 Å². The van der Waals surface area contributed by atoms with Gasteiger partial charge in [0.05, 0.1) is 12.4 Å². The number of hydrogen-bond acceptors (Lipinski definition) is 4. The highest BCUT2D eigenvalue weighted by molar-refractivity contribution is 7.90. The van der Waals surface area contributed by atoms with Crippen molar-refractivity contribution in [2.24, 2.45) is 0 Å². The molecule has 0 aliphatic rings. The largest absolute Gasteiger partial charge is 0.384 e. The number of carbonyl (C=O) groups excluding carboxylic acids is 1. The molecule has 3 rings (SSSR count). The van der Waals surface area contributed by atoms with Crippen LogP contribution in [0.4, 0.5) is 0 Å². The smallest absolute Gasteiger partial charge is 0.264 e. The number of sulfonamides is 1. The van der Waals surface area contributed by atoms with Gasteiger partial charge in [-0.2, -0.15) is 0 Å². The van der Waals surface area contributed by atoms with E-state index in [4.69, 9.17) is 27.9 Å². The van der Waals surface area contributed by atoms with Crippen molar-refractivity contribution in [1.29, 1.82) is 0 Å². The van der Waals surface area contributed by atoms with E-state index >= 15 is 0 Å². The Hall–Kier alpha value is -2.06. The van der Waals surface area contributed by atoms with Gasteiger partial charge in [0, 0.05) is 45.7 Å².